The van der Waals surface area contributed by atoms with E-state index >= 15 is 0 Å². The predicted molar refractivity (Wildman–Crippen MR) is 50.0 cm³/mol. The number of rotatable bonds is 3. The third-order valence-corrected chi connectivity index (χ3v) is 1.88. The molecule has 0 amide bonds. The number of methoxy groups -OCH3 is 1. The second-order valence-electron chi connectivity index (χ2n) is 3.14. The summed E-state index contributed by atoms with van der Waals surface area (Å²) < 4.78 is 18.1. The van der Waals surface area contributed by atoms with E-state index in [1.165, 1.54) is 19.2 Å². The van der Waals surface area contributed by atoms with Gasteiger partial charge in [0.05, 0.1) is 13.2 Å². The monoisotopic (exact) mass is 200 g/mol. The summed E-state index contributed by atoms with van der Waals surface area (Å²) in [5.74, 6) is -1.24. The number of ether oxygens (including phenoxy) is 1. The molecule has 0 radical (unpaired) electrons. The molecule has 14 heavy (non-hydrogen) atoms. The van der Waals surface area contributed by atoms with Crippen molar-refractivity contribution in [3.63, 3.8) is 0 Å². The van der Waals surface area contributed by atoms with E-state index in [2.05, 4.69) is 0 Å². The molecule has 0 saturated heterocycles. The van der Waals surface area contributed by atoms with Crippen molar-refractivity contribution >= 4 is 0 Å². The van der Waals surface area contributed by atoms with Gasteiger partial charge >= 0.3 is 0 Å². The van der Waals surface area contributed by atoms with Crippen molar-refractivity contribution in [2.24, 2.45) is 0 Å². The summed E-state index contributed by atoms with van der Waals surface area (Å²) in [5, 5.41) is 18.2. The van der Waals surface area contributed by atoms with Gasteiger partial charge in [-0.05, 0) is 13.0 Å². The maximum absolute atomic E-state index is 13.3. The first kappa shape index (κ1) is 10.8. The van der Waals surface area contributed by atoms with E-state index in [0.717, 1.165) is 0 Å². The van der Waals surface area contributed by atoms with Gasteiger partial charge in [-0.25, -0.2) is 0 Å². The van der Waals surface area contributed by atoms with Crippen LogP contribution in [-0.4, -0.2) is 23.4 Å². The number of aliphatic hydroxyl groups excluding tert-OH is 1. The topological polar surface area (TPSA) is 49.7 Å². The minimum atomic E-state index is -0.786. The van der Waals surface area contributed by atoms with Crippen molar-refractivity contribution < 1.29 is 19.3 Å². The Morgan fingerprint density at radius 1 is 1.50 bits per heavy atom. The number of hydrogen-bond acceptors (Lipinski definition) is 3. The van der Waals surface area contributed by atoms with E-state index in [1.54, 1.807) is 6.92 Å². The van der Waals surface area contributed by atoms with E-state index in [4.69, 9.17) is 14.9 Å². The van der Waals surface area contributed by atoms with Gasteiger partial charge in [0.15, 0.2) is 11.5 Å². The third kappa shape index (κ3) is 2.14. The summed E-state index contributed by atoms with van der Waals surface area (Å²) in [4.78, 5) is 0. The van der Waals surface area contributed by atoms with Crippen molar-refractivity contribution in [3.05, 3.63) is 23.5 Å². The summed E-state index contributed by atoms with van der Waals surface area (Å²) >= 11 is 0. The van der Waals surface area contributed by atoms with E-state index in [-0.39, 0.29) is 5.75 Å². The van der Waals surface area contributed by atoms with Crippen molar-refractivity contribution in [1.29, 1.82) is 0 Å². The van der Waals surface area contributed by atoms with Crippen LogP contribution in [0.15, 0.2) is 12.1 Å². The highest BCUT2D eigenvalue weighted by Crippen LogP contribution is 2.30. The highest BCUT2D eigenvalue weighted by molar-refractivity contribution is 5.42. The maximum atomic E-state index is 13.3. The molecular weight excluding hydrogens is 187 g/mol. The number of halogens is 1. The lowest BCUT2D eigenvalue weighted by Gasteiger charge is -2.11. The number of aliphatic hydroxyl groups is 1. The van der Waals surface area contributed by atoms with Crippen LogP contribution in [-0.2, 0) is 6.42 Å². The van der Waals surface area contributed by atoms with Crippen LogP contribution in [0.3, 0.4) is 0 Å². The molecule has 0 aliphatic rings. The first-order valence-corrected chi connectivity index (χ1v) is 4.28. The normalized spacial score (nSPS) is 12.6. The molecule has 0 aliphatic heterocycles. The molecule has 0 bridgehead atoms. The average Bonchev–Trinajstić information content (AvgIpc) is 2.11. The Hall–Kier alpha value is -1.29. The predicted octanol–water partition coefficient (Wildman–Crippen LogP) is 1.46. The van der Waals surface area contributed by atoms with Crippen molar-refractivity contribution in [2.75, 3.05) is 7.11 Å². The van der Waals surface area contributed by atoms with Crippen LogP contribution in [0.5, 0.6) is 11.5 Å². The van der Waals surface area contributed by atoms with Gasteiger partial charge in [0.1, 0.15) is 0 Å². The lowest BCUT2D eigenvalue weighted by atomic mass is 10.1. The third-order valence-electron chi connectivity index (χ3n) is 1.88. The summed E-state index contributed by atoms with van der Waals surface area (Å²) in [6.45, 7) is 1.60. The Labute approximate surface area is 81.8 Å². The van der Waals surface area contributed by atoms with Gasteiger partial charge in [0.2, 0.25) is 5.82 Å². The summed E-state index contributed by atoms with van der Waals surface area (Å²) in [7, 11) is 1.32. The highest BCUT2D eigenvalue weighted by Gasteiger charge is 2.14. The van der Waals surface area contributed by atoms with Gasteiger partial charge in [0.25, 0.3) is 0 Å². The quantitative estimate of drug-likeness (QED) is 0.776. The second kappa shape index (κ2) is 4.28. The molecule has 1 rings (SSSR count). The molecule has 3 nitrogen and oxygen atoms in total. The van der Waals surface area contributed by atoms with Crippen LogP contribution in [0.4, 0.5) is 4.39 Å². The fraction of sp³-hybridized carbons (Fsp3) is 0.400. The summed E-state index contributed by atoms with van der Waals surface area (Å²) in [5.41, 5.74) is 0.540. The standard InChI is InChI=1S/C10H13FO3/c1-6(12)5-7-3-4-8(13)9(11)10(7)14-2/h3-4,6,12-13H,5H2,1-2H3. The molecule has 1 unspecified atom stereocenters. The lowest BCUT2D eigenvalue weighted by Crippen LogP contribution is -2.06. The molecule has 1 atom stereocenters. The van der Waals surface area contributed by atoms with Crippen LogP contribution in [0.2, 0.25) is 0 Å². The second-order valence-corrected chi connectivity index (χ2v) is 3.14. The van der Waals surface area contributed by atoms with Gasteiger partial charge in [-0.2, -0.15) is 4.39 Å². The summed E-state index contributed by atoms with van der Waals surface area (Å²) in [6, 6.07) is 2.78. The molecule has 1 aromatic carbocycles. The zero-order chi connectivity index (χ0) is 10.7. The zero-order valence-electron chi connectivity index (χ0n) is 8.12. The van der Waals surface area contributed by atoms with Gasteiger partial charge in [-0.15, -0.1) is 0 Å². The Morgan fingerprint density at radius 2 is 2.14 bits per heavy atom. The molecule has 0 aliphatic carbocycles. The van der Waals surface area contributed by atoms with E-state index < -0.39 is 17.7 Å². The number of hydrogen-bond donors (Lipinski definition) is 2. The molecule has 2 N–H and O–H groups in total. The van der Waals surface area contributed by atoms with E-state index in [9.17, 15) is 4.39 Å². The maximum Gasteiger partial charge on any atom is 0.206 e. The number of phenols is 1. The largest absolute Gasteiger partial charge is 0.505 e. The van der Waals surface area contributed by atoms with Crippen LogP contribution >= 0.6 is 0 Å². The molecule has 78 valence electrons. The Kier molecular flexibility index (Phi) is 3.30. The van der Waals surface area contributed by atoms with E-state index in [0.29, 0.717) is 12.0 Å². The minimum absolute atomic E-state index is 0.00843. The van der Waals surface area contributed by atoms with Gasteiger partial charge in [-0.1, -0.05) is 6.07 Å². The van der Waals surface area contributed by atoms with Gasteiger partial charge in [-0.3, -0.25) is 0 Å². The first-order valence-electron chi connectivity index (χ1n) is 4.28. The van der Waals surface area contributed by atoms with Gasteiger partial charge in [0, 0.05) is 12.0 Å². The Bertz CT molecular complexity index is 323. The fourth-order valence-corrected chi connectivity index (χ4v) is 1.29. The molecular formula is C10H13FO3. The van der Waals surface area contributed by atoms with E-state index in [1.807, 2.05) is 0 Å². The fourth-order valence-electron chi connectivity index (χ4n) is 1.29. The Morgan fingerprint density at radius 3 is 2.64 bits per heavy atom. The molecule has 0 saturated carbocycles. The van der Waals surface area contributed by atoms with Crippen molar-refractivity contribution in [3.8, 4) is 11.5 Å². The Balaban J connectivity index is 3.10. The molecule has 0 fully saturated rings. The number of aromatic hydroxyl groups is 1. The molecule has 0 spiro atoms. The lowest BCUT2D eigenvalue weighted by molar-refractivity contribution is 0.193. The SMILES string of the molecule is COc1c(CC(C)O)ccc(O)c1F. The number of benzene rings is 1. The molecule has 0 aromatic heterocycles. The minimum Gasteiger partial charge on any atom is -0.505 e. The summed E-state index contributed by atoms with van der Waals surface area (Å²) in [6.07, 6.45) is -0.284. The van der Waals surface area contributed by atoms with Crippen molar-refractivity contribution in [1.82, 2.24) is 0 Å². The number of phenolic OH excluding ortho intramolecular Hbond substituents is 1. The zero-order valence-corrected chi connectivity index (χ0v) is 8.12. The highest BCUT2D eigenvalue weighted by atomic mass is 19.1. The van der Waals surface area contributed by atoms with Crippen LogP contribution < -0.4 is 4.74 Å². The molecule has 1 aromatic rings. The smallest absolute Gasteiger partial charge is 0.206 e. The average molecular weight is 200 g/mol. The van der Waals surface area contributed by atoms with Gasteiger partial charge < -0.3 is 14.9 Å². The van der Waals surface area contributed by atoms with Crippen LogP contribution in [0.1, 0.15) is 12.5 Å². The molecule has 4 heteroatoms. The van der Waals surface area contributed by atoms with Crippen LogP contribution in [0.25, 0.3) is 0 Å². The van der Waals surface area contributed by atoms with Crippen molar-refractivity contribution in [2.45, 2.75) is 19.4 Å². The first-order chi connectivity index (χ1) is 6.56. The van der Waals surface area contributed by atoms with Crippen LogP contribution in [0, 0.1) is 5.82 Å². The molecule has 0 heterocycles.